The molecule has 1 N–H and O–H groups in total. The minimum absolute atomic E-state index is 0.0379. The lowest BCUT2D eigenvalue weighted by Gasteiger charge is -2.34. The lowest BCUT2D eigenvalue weighted by molar-refractivity contribution is -0.137. The maximum Gasteiger partial charge on any atom is 0.416 e. The van der Waals surface area contributed by atoms with Crippen LogP contribution >= 0.6 is 0 Å². The van der Waals surface area contributed by atoms with Crippen molar-refractivity contribution in [2.75, 3.05) is 26.3 Å². The number of nitrogens with one attached hydrogen (secondary N) is 1. The Bertz CT molecular complexity index is 839. The number of halogens is 3. The second-order valence-corrected chi connectivity index (χ2v) is 9.35. The molecule has 0 radical (unpaired) electrons. The molecule has 0 spiro atoms. The van der Waals surface area contributed by atoms with Crippen LogP contribution in [0.2, 0.25) is 0 Å². The first kappa shape index (κ1) is 23.3. The van der Waals surface area contributed by atoms with Gasteiger partial charge in [-0.25, -0.2) is 0 Å². The van der Waals surface area contributed by atoms with Crippen LogP contribution in [0.4, 0.5) is 13.2 Å². The number of carbonyl (C=O) groups excluding carboxylic acids is 1. The summed E-state index contributed by atoms with van der Waals surface area (Å²) < 4.78 is 44.6. The van der Waals surface area contributed by atoms with Gasteiger partial charge in [0, 0.05) is 37.7 Å². The number of benzene rings is 1. The van der Waals surface area contributed by atoms with E-state index >= 15 is 0 Å². The van der Waals surface area contributed by atoms with Gasteiger partial charge in [0.1, 0.15) is 0 Å². The number of hydrogen-bond donors (Lipinski definition) is 1. The molecule has 2 heterocycles. The van der Waals surface area contributed by atoms with E-state index in [1.165, 1.54) is 12.1 Å². The lowest BCUT2D eigenvalue weighted by Crippen LogP contribution is -2.46. The van der Waals surface area contributed by atoms with E-state index in [-0.39, 0.29) is 11.8 Å². The second kappa shape index (κ2) is 9.96. The van der Waals surface area contributed by atoms with Crippen molar-refractivity contribution in [3.63, 3.8) is 0 Å². The molecule has 7 heteroatoms. The van der Waals surface area contributed by atoms with Crippen molar-refractivity contribution in [2.45, 2.75) is 63.7 Å². The summed E-state index contributed by atoms with van der Waals surface area (Å²) in [6.45, 7) is 4.85. The molecule has 4 rings (SSSR count). The van der Waals surface area contributed by atoms with Crippen molar-refractivity contribution < 1.29 is 22.7 Å². The first-order valence-electron chi connectivity index (χ1n) is 11.8. The van der Waals surface area contributed by atoms with Crippen molar-refractivity contribution >= 4 is 11.5 Å². The third kappa shape index (κ3) is 5.37. The first-order chi connectivity index (χ1) is 15.3. The zero-order chi connectivity index (χ0) is 22.7. The highest BCUT2D eigenvalue weighted by Gasteiger charge is 2.36. The third-order valence-corrected chi connectivity index (χ3v) is 7.31. The number of nitrogens with zero attached hydrogens (tertiary/aromatic N) is 1. The van der Waals surface area contributed by atoms with Gasteiger partial charge in [-0.3, -0.25) is 4.79 Å². The van der Waals surface area contributed by atoms with Gasteiger partial charge in [0.2, 0.25) is 5.91 Å². The highest BCUT2D eigenvalue weighted by atomic mass is 19.4. The van der Waals surface area contributed by atoms with Crippen LogP contribution in [0.25, 0.3) is 5.57 Å². The van der Waals surface area contributed by atoms with Crippen LogP contribution in [0, 0.1) is 11.8 Å². The fraction of sp³-hybridized carbons (Fsp3) is 0.640. The molecular weight excluding hydrogens is 417 g/mol. The molecule has 0 aromatic heterocycles. The van der Waals surface area contributed by atoms with Crippen molar-refractivity contribution in [3.05, 3.63) is 41.5 Å². The van der Waals surface area contributed by atoms with E-state index in [0.29, 0.717) is 43.1 Å². The van der Waals surface area contributed by atoms with Gasteiger partial charge in [-0.15, -0.1) is 0 Å². The van der Waals surface area contributed by atoms with Crippen LogP contribution in [-0.4, -0.2) is 49.2 Å². The first-order valence-corrected chi connectivity index (χ1v) is 11.8. The largest absolute Gasteiger partial charge is 0.416 e. The summed E-state index contributed by atoms with van der Waals surface area (Å²) in [6.07, 6.45) is 3.07. The van der Waals surface area contributed by atoms with Crippen molar-refractivity contribution in [1.29, 1.82) is 0 Å². The molecule has 2 fully saturated rings. The minimum atomic E-state index is -4.35. The highest BCUT2D eigenvalue weighted by Crippen LogP contribution is 2.34. The molecule has 4 nitrogen and oxygen atoms in total. The molecule has 1 saturated heterocycles. The SMILES string of the molecule is CCC1COCCC1N[C@@H]1CCC(C(=O)N2CC=C(c3cccc(C(F)(F)F)c3)CC2)C1. The summed E-state index contributed by atoms with van der Waals surface area (Å²) in [5.41, 5.74) is 0.851. The Morgan fingerprint density at radius 2 is 2.09 bits per heavy atom. The maximum atomic E-state index is 13.1. The van der Waals surface area contributed by atoms with E-state index < -0.39 is 11.7 Å². The molecule has 176 valence electrons. The Morgan fingerprint density at radius 1 is 1.25 bits per heavy atom. The number of alkyl halides is 3. The molecule has 1 aromatic carbocycles. The van der Waals surface area contributed by atoms with E-state index in [2.05, 4.69) is 12.2 Å². The fourth-order valence-corrected chi connectivity index (χ4v) is 5.36. The number of hydrogen-bond acceptors (Lipinski definition) is 3. The van der Waals surface area contributed by atoms with E-state index in [9.17, 15) is 18.0 Å². The van der Waals surface area contributed by atoms with Crippen molar-refractivity contribution in [3.8, 4) is 0 Å². The third-order valence-electron chi connectivity index (χ3n) is 7.31. The van der Waals surface area contributed by atoms with E-state index in [0.717, 1.165) is 57.0 Å². The van der Waals surface area contributed by atoms with Gasteiger partial charge in [-0.2, -0.15) is 13.2 Å². The monoisotopic (exact) mass is 450 g/mol. The summed E-state index contributed by atoms with van der Waals surface area (Å²) in [5.74, 6) is 0.767. The summed E-state index contributed by atoms with van der Waals surface area (Å²) >= 11 is 0. The molecule has 2 aliphatic heterocycles. The zero-order valence-electron chi connectivity index (χ0n) is 18.7. The number of rotatable bonds is 5. The number of carbonyl (C=O) groups is 1. The number of amides is 1. The molecule has 1 amide bonds. The Balaban J connectivity index is 1.31. The van der Waals surface area contributed by atoms with Crippen molar-refractivity contribution in [1.82, 2.24) is 10.2 Å². The lowest BCUT2D eigenvalue weighted by atomic mass is 9.92. The fourth-order valence-electron chi connectivity index (χ4n) is 5.36. The highest BCUT2D eigenvalue weighted by molar-refractivity contribution is 5.81. The Labute approximate surface area is 188 Å². The Kier molecular flexibility index (Phi) is 7.25. The summed E-state index contributed by atoms with van der Waals surface area (Å²) in [7, 11) is 0. The summed E-state index contributed by atoms with van der Waals surface area (Å²) in [4.78, 5) is 15.0. The molecule has 1 aliphatic carbocycles. The van der Waals surface area contributed by atoms with Gasteiger partial charge in [-0.05, 0) is 67.7 Å². The number of ether oxygens (including phenoxy) is 1. The van der Waals surface area contributed by atoms with Crippen LogP contribution in [0.5, 0.6) is 0 Å². The van der Waals surface area contributed by atoms with Gasteiger partial charge >= 0.3 is 6.18 Å². The Hall–Kier alpha value is -1.86. The molecule has 32 heavy (non-hydrogen) atoms. The van der Waals surface area contributed by atoms with E-state index in [4.69, 9.17) is 4.74 Å². The molecule has 0 bridgehead atoms. The second-order valence-electron chi connectivity index (χ2n) is 9.35. The molecular formula is C25H33F3N2O2. The molecule has 1 aromatic rings. The van der Waals surface area contributed by atoms with Gasteiger partial charge in [0.25, 0.3) is 0 Å². The standard InChI is InChI=1S/C25H33F3N2O2/c1-2-17-16-32-13-10-23(17)29-22-7-6-20(15-22)24(31)30-11-8-18(9-12-30)19-4-3-5-21(14-19)25(26,27)28/h3-5,8,14,17,20,22-23,29H,2,6-7,9-13,15-16H2,1H3/t17?,20?,22-,23?/m1/s1. The van der Waals surface area contributed by atoms with Gasteiger partial charge in [0.05, 0.1) is 12.2 Å². The molecule has 3 unspecified atom stereocenters. The van der Waals surface area contributed by atoms with Gasteiger partial charge in [-0.1, -0.05) is 25.1 Å². The minimum Gasteiger partial charge on any atom is -0.381 e. The maximum absolute atomic E-state index is 13.1. The van der Waals surface area contributed by atoms with E-state index in [1.54, 1.807) is 6.07 Å². The smallest absolute Gasteiger partial charge is 0.381 e. The predicted molar refractivity (Wildman–Crippen MR) is 118 cm³/mol. The zero-order valence-corrected chi connectivity index (χ0v) is 18.7. The quantitative estimate of drug-likeness (QED) is 0.694. The van der Waals surface area contributed by atoms with Crippen molar-refractivity contribution in [2.24, 2.45) is 11.8 Å². The molecule has 1 saturated carbocycles. The van der Waals surface area contributed by atoms with Crippen LogP contribution < -0.4 is 5.32 Å². The summed E-state index contributed by atoms with van der Waals surface area (Å²) in [6, 6.07) is 6.31. The average Bonchev–Trinajstić information content (AvgIpc) is 3.27. The normalized spacial score (nSPS) is 29.1. The van der Waals surface area contributed by atoms with Gasteiger partial charge < -0.3 is 15.0 Å². The van der Waals surface area contributed by atoms with E-state index in [1.807, 2.05) is 11.0 Å². The van der Waals surface area contributed by atoms with Crippen LogP contribution in [-0.2, 0) is 15.7 Å². The Morgan fingerprint density at radius 3 is 2.81 bits per heavy atom. The molecule has 3 aliphatic rings. The topological polar surface area (TPSA) is 41.6 Å². The van der Waals surface area contributed by atoms with Crippen LogP contribution in [0.15, 0.2) is 30.3 Å². The molecule has 4 atom stereocenters. The van der Waals surface area contributed by atoms with Crippen LogP contribution in [0.1, 0.15) is 56.6 Å². The van der Waals surface area contributed by atoms with Crippen LogP contribution in [0.3, 0.4) is 0 Å². The van der Waals surface area contributed by atoms with Gasteiger partial charge in [0.15, 0.2) is 0 Å². The predicted octanol–water partition coefficient (Wildman–Crippen LogP) is 4.89. The summed E-state index contributed by atoms with van der Waals surface area (Å²) in [5, 5.41) is 3.80. The average molecular weight is 451 g/mol.